The lowest BCUT2D eigenvalue weighted by molar-refractivity contribution is -0.134. The highest BCUT2D eigenvalue weighted by Gasteiger charge is 2.46. The van der Waals surface area contributed by atoms with Gasteiger partial charge in [-0.05, 0) is 30.4 Å². The maximum absolute atomic E-state index is 12.8. The van der Waals surface area contributed by atoms with Crippen LogP contribution in [0.15, 0.2) is 60.7 Å². The summed E-state index contributed by atoms with van der Waals surface area (Å²) in [5.41, 5.74) is 2.16. The highest BCUT2D eigenvalue weighted by atomic mass is 16.2. The summed E-state index contributed by atoms with van der Waals surface area (Å²) in [6, 6.07) is 20.0. The van der Waals surface area contributed by atoms with Crippen LogP contribution in [0.2, 0.25) is 0 Å². The molecule has 2 fully saturated rings. The molecule has 2 amide bonds. The predicted molar refractivity (Wildman–Crippen MR) is 109 cm³/mol. The second-order valence-electron chi connectivity index (χ2n) is 7.78. The van der Waals surface area contributed by atoms with Crippen LogP contribution in [0.4, 0.5) is 0 Å². The van der Waals surface area contributed by atoms with Crippen molar-refractivity contribution in [1.29, 1.82) is 0 Å². The molecule has 28 heavy (non-hydrogen) atoms. The molecule has 0 spiro atoms. The minimum Gasteiger partial charge on any atom is -0.353 e. The lowest BCUT2D eigenvalue weighted by Gasteiger charge is -2.35. The molecule has 1 heterocycles. The summed E-state index contributed by atoms with van der Waals surface area (Å²) < 4.78 is 0. The number of hydrogen-bond acceptors (Lipinski definition) is 3. The first-order valence-corrected chi connectivity index (χ1v) is 10.1. The Morgan fingerprint density at radius 3 is 2.43 bits per heavy atom. The van der Waals surface area contributed by atoms with Crippen molar-refractivity contribution < 1.29 is 9.59 Å². The largest absolute Gasteiger partial charge is 0.353 e. The maximum Gasteiger partial charge on any atom is 0.237 e. The van der Waals surface area contributed by atoms with E-state index in [1.165, 1.54) is 5.56 Å². The van der Waals surface area contributed by atoms with Crippen molar-refractivity contribution in [3.05, 3.63) is 71.8 Å². The van der Waals surface area contributed by atoms with E-state index in [4.69, 9.17) is 0 Å². The summed E-state index contributed by atoms with van der Waals surface area (Å²) in [4.78, 5) is 27.4. The molecule has 5 heteroatoms. The number of rotatable bonds is 7. The third-order valence-corrected chi connectivity index (χ3v) is 5.81. The summed E-state index contributed by atoms with van der Waals surface area (Å²) in [5, 5.41) is 6.12. The quantitative estimate of drug-likeness (QED) is 0.778. The highest BCUT2D eigenvalue weighted by Crippen LogP contribution is 2.45. The molecule has 1 atom stereocenters. The molecular formula is C23H27N3O2. The molecule has 4 rings (SSSR count). The topological polar surface area (TPSA) is 61.4 Å². The van der Waals surface area contributed by atoms with Crippen molar-refractivity contribution in [1.82, 2.24) is 15.5 Å². The first kappa shape index (κ1) is 18.7. The first-order chi connectivity index (χ1) is 13.7. The Balaban J connectivity index is 1.38. The molecule has 0 bridgehead atoms. The zero-order valence-electron chi connectivity index (χ0n) is 16.1. The fourth-order valence-corrected chi connectivity index (χ4v) is 4.03. The van der Waals surface area contributed by atoms with E-state index >= 15 is 0 Å². The molecule has 2 aromatic carbocycles. The molecule has 0 aromatic heterocycles. The van der Waals surface area contributed by atoms with Gasteiger partial charge in [0, 0.05) is 19.6 Å². The Bertz CT molecular complexity index is 818. The van der Waals surface area contributed by atoms with Crippen LogP contribution >= 0.6 is 0 Å². The molecule has 1 saturated carbocycles. The van der Waals surface area contributed by atoms with Crippen molar-refractivity contribution >= 4 is 11.8 Å². The van der Waals surface area contributed by atoms with Crippen molar-refractivity contribution in [2.24, 2.45) is 0 Å². The number of nitrogens with zero attached hydrogens (tertiary/aromatic N) is 1. The van der Waals surface area contributed by atoms with Crippen LogP contribution in [-0.2, 0) is 21.5 Å². The van der Waals surface area contributed by atoms with E-state index in [0.29, 0.717) is 6.54 Å². The van der Waals surface area contributed by atoms with Crippen molar-refractivity contribution in [2.75, 3.05) is 19.6 Å². The normalized spacial score (nSPS) is 21.0. The fourth-order valence-electron chi connectivity index (χ4n) is 4.03. The van der Waals surface area contributed by atoms with E-state index in [1.54, 1.807) is 0 Å². The van der Waals surface area contributed by atoms with Gasteiger partial charge in [0.2, 0.25) is 11.8 Å². The van der Waals surface area contributed by atoms with Crippen LogP contribution in [0.5, 0.6) is 0 Å². The van der Waals surface area contributed by atoms with E-state index in [1.807, 2.05) is 36.4 Å². The predicted octanol–water partition coefficient (Wildman–Crippen LogP) is 2.23. The SMILES string of the molecule is O=C(CC1C(=O)NCCN1CCc1ccccc1)NC1(c2ccccc2)CC1. The number of piperazine rings is 1. The van der Waals surface area contributed by atoms with Gasteiger partial charge in [0.25, 0.3) is 0 Å². The summed E-state index contributed by atoms with van der Waals surface area (Å²) in [5.74, 6) is -0.0906. The molecule has 0 radical (unpaired) electrons. The van der Waals surface area contributed by atoms with Gasteiger partial charge in [0.05, 0.1) is 18.0 Å². The molecule has 1 saturated heterocycles. The molecular weight excluding hydrogens is 350 g/mol. The summed E-state index contributed by atoms with van der Waals surface area (Å²) in [7, 11) is 0. The third-order valence-electron chi connectivity index (χ3n) is 5.81. The van der Waals surface area contributed by atoms with Gasteiger partial charge in [-0.1, -0.05) is 60.7 Å². The Kier molecular flexibility index (Phi) is 5.44. The van der Waals surface area contributed by atoms with Gasteiger partial charge in [0.1, 0.15) is 0 Å². The zero-order chi connectivity index (χ0) is 19.4. The van der Waals surface area contributed by atoms with Gasteiger partial charge in [-0.2, -0.15) is 0 Å². The average molecular weight is 377 g/mol. The van der Waals surface area contributed by atoms with Gasteiger partial charge in [-0.15, -0.1) is 0 Å². The Morgan fingerprint density at radius 1 is 1.07 bits per heavy atom. The third kappa shape index (κ3) is 4.25. The monoisotopic (exact) mass is 377 g/mol. The van der Waals surface area contributed by atoms with Crippen LogP contribution in [0.3, 0.4) is 0 Å². The standard InChI is InChI=1S/C23H27N3O2/c27-21(25-23(12-13-23)19-9-5-2-6-10-19)17-20-22(28)24-14-16-26(20)15-11-18-7-3-1-4-8-18/h1-10,20H,11-17H2,(H,24,28)(H,25,27). The average Bonchev–Trinajstić information content (AvgIpc) is 3.50. The molecule has 2 aliphatic rings. The van der Waals surface area contributed by atoms with Crippen LogP contribution in [0.25, 0.3) is 0 Å². The zero-order valence-corrected chi connectivity index (χ0v) is 16.1. The Labute approximate surface area is 166 Å². The molecule has 2 aromatic rings. The minimum atomic E-state index is -0.399. The number of amides is 2. The molecule has 5 nitrogen and oxygen atoms in total. The van der Waals surface area contributed by atoms with E-state index in [2.05, 4.69) is 39.8 Å². The summed E-state index contributed by atoms with van der Waals surface area (Å²) in [6.07, 6.45) is 2.99. The lowest BCUT2D eigenvalue weighted by atomic mass is 10.0. The molecule has 2 N–H and O–H groups in total. The lowest BCUT2D eigenvalue weighted by Crippen LogP contribution is -2.57. The van der Waals surface area contributed by atoms with Gasteiger partial charge in [0.15, 0.2) is 0 Å². The number of carbonyl (C=O) groups excluding carboxylic acids is 2. The van der Waals surface area contributed by atoms with Crippen molar-refractivity contribution in [3.63, 3.8) is 0 Å². The maximum atomic E-state index is 12.8. The second kappa shape index (κ2) is 8.15. The van der Waals surface area contributed by atoms with Gasteiger partial charge in [-0.25, -0.2) is 0 Å². The number of hydrogen-bond donors (Lipinski definition) is 2. The molecule has 1 unspecified atom stereocenters. The molecule has 1 aliphatic carbocycles. The van der Waals surface area contributed by atoms with Crippen LogP contribution in [0.1, 0.15) is 30.4 Å². The van der Waals surface area contributed by atoms with Crippen LogP contribution < -0.4 is 10.6 Å². The smallest absolute Gasteiger partial charge is 0.237 e. The van der Waals surface area contributed by atoms with E-state index < -0.39 is 6.04 Å². The number of nitrogens with one attached hydrogen (secondary N) is 2. The number of carbonyl (C=O) groups is 2. The second-order valence-corrected chi connectivity index (χ2v) is 7.78. The van der Waals surface area contributed by atoms with Crippen LogP contribution in [-0.4, -0.2) is 42.4 Å². The van der Waals surface area contributed by atoms with Gasteiger partial charge >= 0.3 is 0 Å². The van der Waals surface area contributed by atoms with E-state index in [0.717, 1.165) is 37.9 Å². The van der Waals surface area contributed by atoms with Gasteiger partial charge in [-0.3, -0.25) is 14.5 Å². The van der Waals surface area contributed by atoms with Crippen molar-refractivity contribution in [2.45, 2.75) is 37.3 Å². The number of benzene rings is 2. The highest BCUT2D eigenvalue weighted by molar-refractivity contribution is 5.89. The van der Waals surface area contributed by atoms with Gasteiger partial charge < -0.3 is 10.6 Å². The molecule has 1 aliphatic heterocycles. The van der Waals surface area contributed by atoms with Crippen LogP contribution in [0, 0.1) is 0 Å². The van der Waals surface area contributed by atoms with Crippen molar-refractivity contribution in [3.8, 4) is 0 Å². The van der Waals surface area contributed by atoms with E-state index in [-0.39, 0.29) is 23.8 Å². The first-order valence-electron chi connectivity index (χ1n) is 10.1. The Hall–Kier alpha value is -2.66. The Morgan fingerprint density at radius 2 is 1.75 bits per heavy atom. The van der Waals surface area contributed by atoms with E-state index in [9.17, 15) is 9.59 Å². The summed E-state index contributed by atoms with van der Waals surface area (Å²) in [6.45, 7) is 2.19. The molecule has 146 valence electrons. The minimum absolute atomic E-state index is 0.0426. The summed E-state index contributed by atoms with van der Waals surface area (Å²) >= 11 is 0. The fraction of sp³-hybridized carbons (Fsp3) is 0.391.